The Hall–Kier alpha value is -1.62. The minimum atomic E-state index is -1.11. The van der Waals surface area contributed by atoms with Crippen LogP contribution in [0.15, 0.2) is 24.3 Å². The van der Waals surface area contributed by atoms with Crippen LogP contribution in [0.4, 0.5) is 4.48 Å². The zero-order valence-corrected chi connectivity index (χ0v) is 9.35. The summed E-state index contributed by atoms with van der Waals surface area (Å²) in [5, 5.41) is 18.1. The van der Waals surface area contributed by atoms with E-state index in [0.717, 1.165) is 5.12 Å². The highest BCUT2D eigenvalue weighted by atomic mass is 19.2. The number of carboxylic acid groups (broad SMARTS) is 1. The lowest BCUT2D eigenvalue weighted by Crippen LogP contribution is -2.10. The molecule has 0 aromatic heterocycles. The lowest BCUT2D eigenvalue weighted by molar-refractivity contribution is 0.0389. The normalized spacial score (nSPS) is 9.50. The molecular formula is C11H16FNO3. The van der Waals surface area contributed by atoms with Gasteiger partial charge in [0.25, 0.3) is 0 Å². The van der Waals surface area contributed by atoms with Crippen molar-refractivity contribution in [2.75, 3.05) is 13.1 Å². The van der Waals surface area contributed by atoms with E-state index < -0.39 is 5.97 Å². The molecule has 0 bridgehead atoms. The standard InChI is InChI=1S/C7H6O3.C4H10FN/c8-6-4-2-1-3-5(6)7(9)10;1-3-6(5)4-2/h1-4,8H,(H,9,10);3-4H2,1-2H3. The fraction of sp³-hybridized carbons (Fsp3) is 0.364. The molecule has 2 N–H and O–H groups in total. The predicted octanol–water partition coefficient (Wildman–Crippen LogP) is 2.30. The van der Waals surface area contributed by atoms with E-state index in [1.165, 1.54) is 12.1 Å². The van der Waals surface area contributed by atoms with Crippen LogP contribution in [0, 0.1) is 0 Å². The maximum absolute atomic E-state index is 11.7. The van der Waals surface area contributed by atoms with Gasteiger partial charge in [-0.2, -0.15) is 0 Å². The lowest BCUT2D eigenvalue weighted by atomic mass is 10.2. The van der Waals surface area contributed by atoms with Crippen molar-refractivity contribution in [2.24, 2.45) is 0 Å². The fourth-order valence-electron chi connectivity index (χ4n) is 0.878. The Kier molecular flexibility index (Phi) is 6.87. The molecule has 0 heterocycles. The summed E-state index contributed by atoms with van der Waals surface area (Å²) in [6.07, 6.45) is 0. The summed E-state index contributed by atoms with van der Waals surface area (Å²) in [4.78, 5) is 10.3. The molecule has 0 saturated heterocycles. The lowest BCUT2D eigenvalue weighted by Gasteiger charge is -2.00. The van der Waals surface area contributed by atoms with Crippen molar-refractivity contribution < 1.29 is 19.5 Å². The van der Waals surface area contributed by atoms with Gasteiger partial charge in [-0.3, -0.25) is 0 Å². The Balaban J connectivity index is 0.000000325. The van der Waals surface area contributed by atoms with Crippen LogP contribution in [0.1, 0.15) is 24.2 Å². The molecule has 1 aromatic rings. The van der Waals surface area contributed by atoms with Gasteiger partial charge in [0.2, 0.25) is 0 Å². The van der Waals surface area contributed by atoms with Crippen molar-refractivity contribution in [3.8, 4) is 5.75 Å². The summed E-state index contributed by atoms with van der Waals surface area (Å²) in [6.45, 7) is 4.56. The van der Waals surface area contributed by atoms with Crippen LogP contribution in [0.2, 0.25) is 0 Å². The van der Waals surface area contributed by atoms with Gasteiger partial charge < -0.3 is 10.2 Å². The molecule has 0 saturated carbocycles. The third kappa shape index (κ3) is 5.31. The average molecular weight is 229 g/mol. The minimum Gasteiger partial charge on any atom is -0.507 e. The summed E-state index contributed by atoms with van der Waals surface area (Å²) in [5.41, 5.74) is -0.0671. The summed E-state index contributed by atoms with van der Waals surface area (Å²) in [7, 11) is 0. The van der Waals surface area contributed by atoms with Crippen LogP contribution in [-0.4, -0.2) is 34.4 Å². The van der Waals surface area contributed by atoms with E-state index >= 15 is 0 Å². The zero-order chi connectivity index (χ0) is 12.6. The topological polar surface area (TPSA) is 60.8 Å². The van der Waals surface area contributed by atoms with Crippen LogP contribution in [0.5, 0.6) is 5.75 Å². The van der Waals surface area contributed by atoms with E-state index in [1.54, 1.807) is 26.0 Å². The van der Waals surface area contributed by atoms with Gasteiger partial charge in [-0.15, -0.1) is 9.60 Å². The van der Waals surface area contributed by atoms with E-state index in [2.05, 4.69) is 0 Å². The first-order valence-electron chi connectivity index (χ1n) is 4.94. The van der Waals surface area contributed by atoms with Gasteiger partial charge in [0, 0.05) is 13.1 Å². The smallest absolute Gasteiger partial charge is 0.339 e. The minimum absolute atomic E-state index is 0.0671. The van der Waals surface area contributed by atoms with Crippen LogP contribution in [0.25, 0.3) is 0 Å². The summed E-state index contributed by atoms with van der Waals surface area (Å²) < 4.78 is 11.7. The van der Waals surface area contributed by atoms with Gasteiger partial charge in [-0.1, -0.05) is 12.1 Å². The van der Waals surface area contributed by atoms with E-state index in [9.17, 15) is 9.28 Å². The maximum Gasteiger partial charge on any atom is 0.339 e. The van der Waals surface area contributed by atoms with Crippen LogP contribution in [-0.2, 0) is 0 Å². The second-order valence-electron chi connectivity index (χ2n) is 2.92. The molecule has 0 fully saturated rings. The molecule has 0 amide bonds. The molecule has 4 nitrogen and oxygen atoms in total. The first-order valence-corrected chi connectivity index (χ1v) is 4.94. The number of halogens is 1. The summed E-state index contributed by atoms with van der Waals surface area (Å²) >= 11 is 0. The van der Waals surface area contributed by atoms with Crippen molar-refractivity contribution >= 4 is 5.97 Å². The number of rotatable bonds is 3. The van der Waals surface area contributed by atoms with E-state index in [4.69, 9.17) is 10.2 Å². The van der Waals surface area contributed by atoms with E-state index in [1.807, 2.05) is 0 Å². The molecule has 0 aliphatic carbocycles. The van der Waals surface area contributed by atoms with Gasteiger partial charge in [-0.25, -0.2) is 4.79 Å². The average Bonchev–Trinajstić information content (AvgIpc) is 2.29. The Bertz CT molecular complexity index is 327. The fourth-order valence-corrected chi connectivity index (χ4v) is 0.878. The van der Waals surface area contributed by atoms with Gasteiger partial charge >= 0.3 is 5.97 Å². The molecule has 16 heavy (non-hydrogen) atoms. The third-order valence-electron chi connectivity index (χ3n) is 1.82. The van der Waals surface area contributed by atoms with Gasteiger partial charge in [0.15, 0.2) is 0 Å². The molecule has 0 atom stereocenters. The highest BCUT2D eigenvalue weighted by molar-refractivity contribution is 5.90. The molecular weight excluding hydrogens is 213 g/mol. The molecule has 1 rings (SSSR count). The number of hydrogen-bond donors (Lipinski definition) is 2. The Morgan fingerprint density at radius 1 is 1.31 bits per heavy atom. The highest BCUT2D eigenvalue weighted by Crippen LogP contribution is 2.14. The molecule has 0 aliphatic heterocycles. The molecule has 90 valence electrons. The second kappa shape index (κ2) is 7.64. The predicted molar refractivity (Wildman–Crippen MR) is 59.1 cm³/mol. The monoisotopic (exact) mass is 229 g/mol. The molecule has 5 heteroatoms. The van der Waals surface area contributed by atoms with E-state index in [0.29, 0.717) is 13.1 Å². The SMILES string of the molecule is CCN(F)CC.O=C(O)c1ccccc1O. The van der Waals surface area contributed by atoms with Crippen LogP contribution < -0.4 is 0 Å². The number of nitrogens with zero attached hydrogens (tertiary/aromatic N) is 1. The number of benzene rings is 1. The van der Waals surface area contributed by atoms with Gasteiger partial charge in [0.1, 0.15) is 11.3 Å². The molecule has 1 aromatic carbocycles. The molecule has 0 aliphatic rings. The Morgan fingerprint density at radius 3 is 2.06 bits per heavy atom. The molecule has 0 spiro atoms. The largest absolute Gasteiger partial charge is 0.507 e. The maximum atomic E-state index is 11.7. The van der Waals surface area contributed by atoms with E-state index in [-0.39, 0.29) is 11.3 Å². The zero-order valence-electron chi connectivity index (χ0n) is 9.35. The summed E-state index contributed by atoms with van der Waals surface area (Å²) in [6, 6.07) is 5.81. The number of carbonyl (C=O) groups is 1. The number of hydrogen-bond acceptors (Lipinski definition) is 3. The second-order valence-corrected chi connectivity index (χ2v) is 2.92. The summed E-state index contributed by atoms with van der Waals surface area (Å²) in [5.74, 6) is -1.31. The number of carboxylic acids is 1. The van der Waals surface area contributed by atoms with Crippen molar-refractivity contribution in [3.05, 3.63) is 29.8 Å². The first-order chi connectivity index (χ1) is 7.52. The Morgan fingerprint density at radius 2 is 1.81 bits per heavy atom. The highest BCUT2D eigenvalue weighted by Gasteiger charge is 2.05. The van der Waals surface area contributed by atoms with Crippen molar-refractivity contribution in [2.45, 2.75) is 13.8 Å². The first kappa shape index (κ1) is 14.4. The molecule has 0 unspecified atom stereocenters. The number of phenols is 1. The number of aromatic hydroxyl groups is 1. The van der Waals surface area contributed by atoms with Crippen LogP contribution in [0.3, 0.4) is 0 Å². The number of aromatic carboxylic acids is 1. The third-order valence-corrected chi connectivity index (χ3v) is 1.82. The van der Waals surface area contributed by atoms with Crippen LogP contribution >= 0.6 is 0 Å². The quantitative estimate of drug-likeness (QED) is 0.781. The van der Waals surface area contributed by atoms with Crippen molar-refractivity contribution in [1.82, 2.24) is 5.12 Å². The molecule has 0 radical (unpaired) electrons. The van der Waals surface area contributed by atoms with Gasteiger partial charge in [-0.05, 0) is 26.0 Å². The van der Waals surface area contributed by atoms with Crippen molar-refractivity contribution in [1.29, 1.82) is 0 Å². The number of para-hydroxylation sites is 1. The van der Waals surface area contributed by atoms with Crippen molar-refractivity contribution in [3.63, 3.8) is 0 Å². The Labute approximate surface area is 93.9 Å². The van der Waals surface area contributed by atoms with Gasteiger partial charge in [0.05, 0.1) is 0 Å².